The Morgan fingerprint density at radius 2 is 2.24 bits per heavy atom. The first-order valence-corrected chi connectivity index (χ1v) is 7.79. The fourth-order valence-corrected chi connectivity index (χ4v) is 3.66. The molecule has 1 fully saturated rings. The lowest BCUT2D eigenvalue weighted by Crippen LogP contribution is -2.27. The molecule has 1 aromatic carbocycles. The SMILES string of the molecule is CCC1CC1NS(=O)(=O)c1ccc(N)c(Br)c1. The fraction of sp³-hybridized carbons (Fsp3) is 0.455. The Balaban J connectivity index is 2.17. The Morgan fingerprint density at radius 1 is 1.53 bits per heavy atom. The molecule has 3 N–H and O–H groups in total. The topological polar surface area (TPSA) is 72.2 Å². The molecule has 0 amide bonds. The molecule has 4 nitrogen and oxygen atoms in total. The highest BCUT2D eigenvalue weighted by atomic mass is 79.9. The van der Waals surface area contributed by atoms with E-state index >= 15 is 0 Å². The van der Waals surface area contributed by atoms with E-state index in [1.165, 1.54) is 12.1 Å². The molecule has 0 radical (unpaired) electrons. The summed E-state index contributed by atoms with van der Waals surface area (Å²) in [6.07, 6.45) is 1.95. The van der Waals surface area contributed by atoms with E-state index in [2.05, 4.69) is 27.6 Å². The van der Waals surface area contributed by atoms with Gasteiger partial charge in [0.05, 0.1) is 4.90 Å². The first-order valence-electron chi connectivity index (χ1n) is 5.51. The van der Waals surface area contributed by atoms with Crippen LogP contribution in [0, 0.1) is 5.92 Å². The molecule has 0 spiro atoms. The van der Waals surface area contributed by atoms with Gasteiger partial charge in [-0.05, 0) is 46.5 Å². The quantitative estimate of drug-likeness (QED) is 0.835. The number of sulfonamides is 1. The summed E-state index contributed by atoms with van der Waals surface area (Å²) in [6.45, 7) is 2.07. The summed E-state index contributed by atoms with van der Waals surface area (Å²) in [7, 11) is -3.41. The van der Waals surface area contributed by atoms with E-state index in [9.17, 15) is 8.42 Å². The van der Waals surface area contributed by atoms with Gasteiger partial charge in [0.25, 0.3) is 0 Å². The predicted molar refractivity (Wildman–Crippen MR) is 71.1 cm³/mol. The number of nitrogens with one attached hydrogen (secondary N) is 1. The maximum atomic E-state index is 12.0. The number of rotatable bonds is 4. The van der Waals surface area contributed by atoms with E-state index in [1.54, 1.807) is 6.07 Å². The minimum absolute atomic E-state index is 0.0985. The van der Waals surface area contributed by atoms with Crippen LogP contribution in [0.1, 0.15) is 19.8 Å². The Hall–Kier alpha value is -0.590. The molecule has 0 saturated heterocycles. The van der Waals surface area contributed by atoms with Gasteiger partial charge in [0, 0.05) is 16.2 Å². The summed E-state index contributed by atoms with van der Waals surface area (Å²) in [4.78, 5) is 0.250. The molecule has 1 saturated carbocycles. The third kappa shape index (κ3) is 2.81. The van der Waals surface area contributed by atoms with Gasteiger partial charge in [-0.25, -0.2) is 13.1 Å². The third-order valence-electron chi connectivity index (χ3n) is 3.04. The number of hydrogen-bond donors (Lipinski definition) is 2. The van der Waals surface area contributed by atoms with E-state index < -0.39 is 10.0 Å². The van der Waals surface area contributed by atoms with E-state index in [4.69, 9.17) is 5.73 Å². The predicted octanol–water partition coefficient (Wildman–Crippen LogP) is 2.11. The standard InChI is InChI=1S/C11H15BrN2O2S/c1-2-7-5-11(7)14-17(15,16)8-3-4-10(13)9(12)6-8/h3-4,6-7,11,14H,2,5,13H2,1H3. The van der Waals surface area contributed by atoms with Gasteiger partial charge in [-0.2, -0.15) is 0 Å². The normalized spacial score (nSPS) is 23.6. The molecule has 1 aliphatic rings. The van der Waals surface area contributed by atoms with E-state index in [0.717, 1.165) is 12.8 Å². The first-order chi connectivity index (χ1) is 7.94. The van der Waals surface area contributed by atoms with Crippen molar-refractivity contribution in [3.63, 3.8) is 0 Å². The van der Waals surface area contributed by atoms with Crippen LogP contribution in [0.25, 0.3) is 0 Å². The van der Waals surface area contributed by atoms with Crippen LogP contribution in [0.15, 0.2) is 27.6 Å². The van der Waals surface area contributed by atoms with Gasteiger partial charge in [-0.1, -0.05) is 13.3 Å². The lowest BCUT2D eigenvalue weighted by atomic mass is 10.3. The van der Waals surface area contributed by atoms with Gasteiger partial charge in [0.1, 0.15) is 0 Å². The molecular weight excluding hydrogens is 304 g/mol. The Kier molecular flexibility index (Phi) is 3.47. The summed E-state index contributed by atoms with van der Waals surface area (Å²) < 4.78 is 27.4. The van der Waals surface area contributed by atoms with Crippen LogP contribution in [0.2, 0.25) is 0 Å². The second kappa shape index (κ2) is 4.59. The molecule has 2 rings (SSSR count). The van der Waals surface area contributed by atoms with Crippen LogP contribution in [0.3, 0.4) is 0 Å². The fourth-order valence-electron chi connectivity index (χ4n) is 1.79. The van der Waals surface area contributed by atoms with Gasteiger partial charge in [-0.15, -0.1) is 0 Å². The average molecular weight is 319 g/mol. The highest BCUT2D eigenvalue weighted by Gasteiger charge is 2.38. The number of benzene rings is 1. The highest BCUT2D eigenvalue weighted by Crippen LogP contribution is 2.34. The maximum absolute atomic E-state index is 12.0. The summed E-state index contributed by atoms with van der Waals surface area (Å²) >= 11 is 3.23. The number of halogens is 1. The molecule has 94 valence electrons. The largest absolute Gasteiger partial charge is 0.398 e. The molecule has 1 aliphatic carbocycles. The Morgan fingerprint density at radius 3 is 2.76 bits per heavy atom. The lowest BCUT2D eigenvalue weighted by molar-refractivity contribution is 0.576. The van der Waals surface area contributed by atoms with Gasteiger partial charge in [-0.3, -0.25) is 0 Å². The van der Waals surface area contributed by atoms with Gasteiger partial charge < -0.3 is 5.73 Å². The lowest BCUT2D eigenvalue weighted by Gasteiger charge is -2.07. The molecule has 1 aromatic rings. The monoisotopic (exact) mass is 318 g/mol. The number of nitrogen functional groups attached to an aromatic ring is 1. The molecule has 6 heteroatoms. The second-order valence-electron chi connectivity index (χ2n) is 4.32. The molecule has 17 heavy (non-hydrogen) atoms. The van der Waals surface area contributed by atoms with Crippen LogP contribution in [-0.2, 0) is 10.0 Å². The van der Waals surface area contributed by atoms with Gasteiger partial charge in [0.15, 0.2) is 0 Å². The molecule has 0 bridgehead atoms. The zero-order chi connectivity index (χ0) is 12.6. The van der Waals surface area contributed by atoms with Crippen LogP contribution in [0.4, 0.5) is 5.69 Å². The zero-order valence-corrected chi connectivity index (χ0v) is 11.9. The van der Waals surface area contributed by atoms with E-state index in [0.29, 0.717) is 16.1 Å². The summed E-state index contributed by atoms with van der Waals surface area (Å²) in [5.74, 6) is 0.488. The minimum atomic E-state index is -3.41. The molecule has 0 aliphatic heterocycles. The van der Waals surface area contributed by atoms with Gasteiger partial charge in [0.2, 0.25) is 10.0 Å². The van der Waals surface area contributed by atoms with Crippen LogP contribution >= 0.6 is 15.9 Å². The first kappa shape index (κ1) is 12.9. The Bertz CT molecular complexity index is 530. The van der Waals surface area contributed by atoms with Crippen LogP contribution in [-0.4, -0.2) is 14.5 Å². The van der Waals surface area contributed by atoms with Crippen molar-refractivity contribution >= 4 is 31.6 Å². The second-order valence-corrected chi connectivity index (χ2v) is 6.88. The van der Waals surface area contributed by atoms with E-state index in [-0.39, 0.29) is 10.9 Å². The van der Waals surface area contributed by atoms with Crippen molar-refractivity contribution in [3.8, 4) is 0 Å². The highest BCUT2D eigenvalue weighted by molar-refractivity contribution is 9.10. The number of anilines is 1. The molecular formula is C11H15BrN2O2S. The average Bonchev–Trinajstić information content (AvgIpc) is 2.99. The van der Waals surface area contributed by atoms with Crippen molar-refractivity contribution < 1.29 is 8.42 Å². The maximum Gasteiger partial charge on any atom is 0.240 e. The summed E-state index contributed by atoms with van der Waals surface area (Å²) in [5.41, 5.74) is 6.16. The minimum Gasteiger partial charge on any atom is -0.398 e. The van der Waals surface area contributed by atoms with Crippen LogP contribution < -0.4 is 10.5 Å². The molecule has 2 atom stereocenters. The zero-order valence-electron chi connectivity index (χ0n) is 9.48. The smallest absolute Gasteiger partial charge is 0.240 e. The van der Waals surface area contributed by atoms with E-state index in [1.807, 2.05) is 0 Å². The third-order valence-corrected chi connectivity index (χ3v) is 5.21. The van der Waals surface area contributed by atoms with Gasteiger partial charge >= 0.3 is 0 Å². The van der Waals surface area contributed by atoms with Crippen molar-refractivity contribution in [2.24, 2.45) is 5.92 Å². The number of hydrogen-bond acceptors (Lipinski definition) is 3. The molecule has 2 unspecified atom stereocenters. The molecule has 0 heterocycles. The summed E-state index contributed by atoms with van der Waals surface area (Å²) in [6, 6.07) is 4.73. The van der Waals surface area contributed by atoms with Crippen molar-refractivity contribution in [1.29, 1.82) is 0 Å². The molecule has 0 aromatic heterocycles. The summed E-state index contributed by atoms with van der Waals surface area (Å²) in [5, 5.41) is 0. The van der Waals surface area contributed by atoms with Crippen molar-refractivity contribution in [3.05, 3.63) is 22.7 Å². The van der Waals surface area contributed by atoms with Crippen LogP contribution in [0.5, 0.6) is 0 Å². The number of nitrogens with two attached hydrogens (primary N) is 1. The van der Waals surface area contributed by atoms with Crippen molar-refractivity contribution in [1.82, 2.24) is 4.72 Å². The van der Waals surface area contributed by atoms with Crippen molar-refractivity contribution in [2.45, 2.75) is 30.7 Å². The Labute approximate surface area is 110 Å². The van der Waals surface area contributed by atoms with Crippen molar-refractivity contribution in [2.75, 3.05) is 5.73 Å².